The van der Waals surface area contributed by atoms with E-state index in [1.807, 2.05) is 6.92 Å². The number of benzene rings is 1. The smallest absolute Gasteiger partial charge is 0.243 e. The number of sulfonamides is 1. The second-order valence-corrected chi connectivity index (χ2v) is 6.68. The number of Topliss-reactive ketones (excluding diaryl/α,β-unsaturated/α-hetero) is 1. The van der Waals surface area contributed by atoms with Crippen LogP contribution in [0, 0.1) is 6.92 Å². The molecule has 0 amide bonds. The third-order valence-corrected chi connectivity index (χ3v) is 4.87. The van der Waals surface area contributed by atoms with Crippen LogP contribution in [-0.2, 0) is 14.8 Å². The summed E-state index contributed by atoms with van der Waals surface area (Å²) in [4.78, 5) is 11.3. The first kappa shape index (κ1) is 20.9. The van der Waals surface area contributed by atoms with Gasteiger partial charge >= 0.3 is 0 Å². The summed E-state index contributed by atoms with van der Waals surface area (Å²) in [6.45, 7) is 7.52. The lowest BCUT2D eigenvalue weighted by molar-refractivity contribution is -0.117. The molecule has 0 heterocycles. The van der Waals surface area contributed by atoms with E-state index in [2.05, 4.69) is 19.2 Å². The summed E-state index contributed by atoms with van der Waals surface area (Å²) in [5, 5.41) is 0. The van der Waals surface area contributed by atoms with Gasteiger partial charge in [-0.15, -0.1) is 6.58 Å². The standard InChI is InChI=1S/C15H21NO3S.CH4S/c1-4-5-11-16(12-10-14(3)17)20(18,19)15-8-6-13(2)7-9-15;1-2/h4,6-9H,1,5,10-12H2,2-3H3;2H,1H3. The molecule has 0 saturated carbocycles. The minimum atomic E-state index is -3.55. The highest BCUT2D eigenvalue weighted by atomic mass is 32.2. The first-order chi connectivity index (χ1) is 10.4. The van der Waals surface area contributed by atoms with E-state index in [0.29, 0.717) is 13.0 Å². The number of rotatable bonds is 8. The minimum Gasteiger partial charge on any atom is -0.300 e. The average molecular weight is 344 g/mol. The molecule has 1 aromatic rings. The van der Waals surface area contributed by atoms with Gasteiger partial charge in [0, 0.05) is 19.5 Å². The quantitative estimate of drug-likeness (QED) is 0.583. The highest BCUT2D eigenvalue weighted by Crippen LogP contribution is 2.17. The molecule has 0 aliphatic heterocycles. The SMILES string of the molecule is C=CCCN(CCC(C)=O)S(=O)(=O)c1ccc(C)cc1.CS. The van der Waals surface area contributed by atoms with Gasteiger partial charge in [-0.05, 0) is 38.7 Å². The number of thiol groups is 1. The maximum absolute atomic E-state index is 12.5. The fraction of sp³-hybridized carbons (Fsp3) is 0.438. The number of nitrogens with zero attached hydrogens (tertiary/aromatic N) is 1. The summed E-state index contributed by atoms with van der Waals surface area (Å²) in [5.74, 6) is -0.0206. The van der Waals surface area contributed by atoms with Crippen LogP contribution in [0.5, 0.6) is 0 Å². The molecule has 6 heteroatoms. The van der Waals surface area contributed by atoms with E-state index >= 15 is 0 Å². The molecule has 4 nitrogen and oxygen atoms in total. The largest absolute Gasteiger partial charge is 0.300 e. The van der Waals surface area contributed by atoms with Crippen LogP contribution < -0.4 is 0 Å². The summed E-state index contributed by atoms with van der Waals surface area (Å²) in [5.41, 5.74) is 1.00. The summed E-state index contributed by atoms with van der Waals surface area (Å²) in [6, 6.07) is 6.73. The van der Waals surface area contributed by atoms with Crippen LogP contribution >= 0.6 is 12.6 Å². The number of ketones is 1. The lowest BCUT2D eigenvalue weighted by Gasteiger charge is -2.21. The molecule has 22 heavy (non-hydrogen) atoms. The lowest BCUT2D eigenvalue weighted by Crippen LogP contribution is -2.33. The van der Waals surface area contributed by atoms with Crippen molar-refractivity contribution in [2.24, 2.45) is 0 Å². The zero-order valence-corrected chi connectivity index (χ0v) is 15.2. The molecule has 0 unspecified atom stereocenters. The molecule has 0 saturated heterocycles. The van der Waals surface area contributed by atoms with Crippen molar-refractivity contribution >= 4 is 28.4 Å². The fourth-order valence-corrected chi connectivity index (χ4v) is 3.18. The van der Waals surface area contributed by atoms with Crippen molar-refractivity contribution in [3.8, 4) is 0 Å². The third kappa shape index (κ3) is 6.77. The topological polar surface area (TPSA) is 54.5 Å². The molecular weight excluding hydrogens is 318 g/mol. The van der Waals surface area contributed by atoms with Gasteiger partial charge < -0.3 is 0 Å². The van der Waals surface area contributed by atoms with Crippen molar-refractivity contribution in [1.82, 2.24) is 4.31 Å². The van der Waals surface area contributed by atoms with Gasteiger partial charge in [0.25, 0.3) is 0 Å². The van der Waals surface area contributed by atoms with E-state index in [1.54, 1.807) is 36.6 Å². The van der Waals surface area contributed by atoms with Gasteiger partial charge in [0.1, 0.15) is 5.78 Å². The highest BCUT2D eigenvalue weighted by molar-refractivity contribution is 7.89. The summed E-state index contributed by atoms with van der Waals surface area (Å²) >= 11 is 3.53. The van der Waals surface area contributed by atoms with Crippen LogP contribution in [0.1, 0.15) is 25.3 Å². The van der Waals surface area contributed by atoms with Gasteiger partial charge in [0.2, 0.25) is 10.0 Å². The van der Waals surface area contributed by atoms with Crippen LogP contribution in [-0.4, -0.2) is 37.9 Å². The zero-order valence-electron chi connectivity index (χ0n) is 13.4. The average Bonchev–Trinajstić information content (AvgIpc) is 2.49. The Hall–Kier alpha value is -1.11. The Morgan fingerprint density at radius 2 is 1.77 bits per heavy atom. The summed E-state index contributed by atoms with van der Waals surface area (Å²) in [7, 11) is -3.55. The molecule has 0 aliphatic rings. The van der Waals surface area contributed by atoms with Crippen LogP contribution in [0.4, 0.5) is 0 Å². The van der Waals surface area contributed by atoms with Crippen molar-refractivity contribution in [3.63, 3.8) is 0 Å². The second kappa shape index (κ2) is 10.6. The molecule has 1 rings (SSSR count). The van der Waals surface area contributed by atoms with E-state index in [9.17, 15) is 13.2 Å². The molecule has 0 spiro atoms. The molecule has 0 bridgehead atoms. The van der Waals surface area contributed by atoms with Gasteiger partial charge in [-0.25, -0.2) is 8.42 Å². The lowest BCUT2D eigenvalue weighted by atomic mass is 10.2. The zero-order chi connectivity index (χ0) is 17.2. The van der Waals surface area contributed by atoms with E-state index < -0.39 is 10.0 Å². The maximum Gasteiger partial charge on any atom is 0.243 e. The molecule has 0 fully saturated rings. The minimum absolute atomic E-state index is 0.0206. The Kier molecular flexibility index (Phi) is 10.1. The van der Waals surface area contributed by atoms with E-state index in [0.717, 1.165) is 5.56 Å². The van der Waals surface area contributed by atoms with Crippen LogP contribution in [0.25, 0.3) is 0 Å². The van der Waals surface area contributed by atoms with E-state index in [1.165, 1.54) is 11.2 Å². The van der Waals surface area contributed by atoms with Crippen molar-refractivity contribution in [3.05, 3.63) is 42.5 Å². The Morgan fingerprint density at radius 1 is 1.23 bits per heavy atom. The first-order valence-corrected chi connectivity index (χ1v) is 9.33. The predicted octanol–water partition coefficient (Wildman–Crippen LogP) is 3.09. The Morgan fingerprint density at radius 3 is 2.23 bits per heavy atom. The van der Waals surface area contributed by atoms with Gasteiger partial charge in [-0.1, -0.05) is 23.8 Å². The molecule has 1 aromatic carbocycles. The number of hydrogen-bond acceptors (Lipinski definition) is 4. The van der Waals surface area contributed by atoms with Crippen molar-refractivity contribution < 1.29 is 13.2 Å². The molecule has 0 radical (unpaired) electrons. The van der Waals surface area contributed by atoms with Crippen LogP contribution in [0.15, 0.2) is 41.8 Å². The third-order valence-electron chi connectivity index (χ3n) is 2.95. The monoisotopic (exact) mass is 343 g/mol. The van der Waals surface area contributed by atoms with E-state index in [-0.39, 0.29) is 23.6 Å². The second-order valence-electron chi connectivity index (χ2n) is 4.75. The molecule has 0 aliphatic carbocycles. The number of carbonyl (C=O) groups excluding carboxylic acids is 1. The van der Waals surface area contributed by atoms with E-state index in [4.69, 9.17) is 0 Å². The Labute approximate surface area is 139 Å². The fourth-order valence-electron chi connectivity index (χ4n) is 1.73. The van der Waals surface area contributed by atoms with Crippen LogP contribution in [0.2, 0.25) is 0 Å². The molecule has 0 atom stereocenters. The van der Waals surface area contributed by atoms with Gasteiger partial charge in [-0.3, -0.25) is 4.79 Å². The van der Waals surface area contributed by atoms with Gasteiger partial charge in [-0.2, -0.15) is 16.9 Å². The number of hydrogen-bond donors (Lipinski definition) is 1. The molecule has 124 valence electrons. The van der Waals surface area contributed by atoms with Crippen molar-refractivity contribution in [2.45, 2.75) is 31.6 Å². The summed E-state index contributed by atoms with van der Waals surface area (Å²) in [6.07, 6.45) is 4.15. The normalized spacial score (nSPS) is 10.8. The summed E-state index contributed by atoms with van der Waals surface area (Å²) < 4.78 is 26.4. The highest BCUT2D eigenvalue weighted by Gasteiger charge is 2.23. The first-order valence-electron chi connectivity index (χ1n) is 7.00. The van der Waals surface area contributed by atoms with Crippen molar-refractivity contribution in [1.29, 1.82) is 0 Å². The van der Waals surface area contributed by atoms with Gasteiger partial charge in [0.15, 0.2) is 0 Å². The number of carbonyl (C=O) groups is 1. The maximum atomic E-state index is 12.5. The molecular formula is C16H25NO3S2. The Bertz CT molecular complexity index is 566. The predicted molar refractivity (Wildman–Crippen MR) is 95.0 cm³/mol. The Balaban J connectivity index is 0.00000211. The van der Waals surface area contributed by atoms with Crippen molar-refractivity contribution in [2.75, 3.05) is 19.3 Å². The molecule has 0 N–H and O–H groups in total. The molecule has 0 aromatic heterocycles. The van der Waals surface area contributed by atoms with Crippen LogP contribution in [0.3, 0.4) is 0 Å². The van der Waals surface area contributed by atoms with Gasteiger partial charge in [0.05, 0.1) is 4.90 Å². The number of aryl methyl sites for hydroxylation is 1.